The summed E-state index contributed by atoms with van der Waals surface area (Å²) in [6.07, 6.45) is 7.15. The molecule has 1 aromatic rings. The van der Waals surface area contributed by atoms with Gasteiger partial charge < -0.3 is 15.3 Å². The van der Waals surface area contributed by atoms with Crippen LogP contribution in [0.2, 0.25) is 0 Å². The van der Waals surface area contributed by atoms with Crippen LogP contribution in [0.3, 0.4) is 0 Å². The van der Waals surface area contributed by atoms with Gasteiger partial charge in [-0.2, -0.15) is 4.98 Å². The van der Waals surface area contributed by atoms with Crippen molar-refractivity contribution in [1.82, 2.24) is 4.98 Å². The second kappa shape index (κ2) is 3.18. The summed E-state index contributed by atoms with van der Waals surface area (Å²) in [6, 6.07) is 0.0914. The highest BCUT2D eigenvalue weighted by Crippen LogP contribution is 2.74. The molecule has 5 rings (SSSR count). The normalized spacial score (nSPS) is 49.8. The lowest BCUT2D eigenvalue weighted by molar-refractivity contribution is -0.157. The Morgan fingerprint density at radius 2 is 1.40 bits per heavy atom. The minimum absolute atomic E-state index is 0.0141. The van der Waals surface area contributed by atoms with Gasteiger partial charge in [0.1, 0.15) is 0 Å². The lowest BCUT2D eigenvalue weighted by Gasteiger charge is -2.68. The molecular formula is C16H24N2O2. The molecule has 0 radical (unpaired) electrons. The summed E-state index contributed by atoms with van der Waals surface area (Å²) in [5.74, 6) is 0.665. The van der Waals surface area contributed by atoms with Gasteiger partial charge in [-0.3, -0.25) is 0 Å². The molecule has 1 heterocycles. The average Bonchev–Trinajstić information content (AvgIpc) is 2.50. The SMILES string of the molecule is CC12CC3(C)CC(C)(C1)CC(c1oc(N)nc1O)(C2)C3. The number of aromatic nitrogens is 1. The summed E-state index contributed by atoms with van der Waals surface area (Å²) < 4.78 is 5.65. The Hall–Kier alpha value is -1.19. The third kappa shape index (κ3) is 1.51. The van der Waals surface area contributed by atoms with Crippen molar-refractivity contribution in [2.24, 2.45) is 16.2 Å². The molecule has 3 N–H and O–H groups in total. The van der Waals surface area contributed by atoms with E-state index in [2.05, 4.69) is 25.8 Å². The zero-order valence-corrected chi connectivity index (χ0v) is 12.6. The molecule has 4 saturated carbocycles. The molecule has 4 heteroatoms. The van der Waals surface area contributed by atoms with E-state index in [1.807, 2.05) is 0 Å². The largest absolute Gasteiger partial charge is 0.491 e. The van der Waals surface area contributed by atoms with E-state index in [1.165, 1.54) is 19.3 Å². The lowest BCUT2D eigenvalue weighted by atomic mass is 9.36. The van der Waals surface area contributed by atoms with Crippen LogP contribution in [0.4, 0.5) is 6.01 Å². The summed E-state index contributed by atoms with van der Waals surface area (Å²) in [5, 5.41) is 10.2. The Kier molecular flexibility index (Phi) is 1.99. The quantitative estimate of drug-likeness (QED) is 0.822. The van der Waals surface area contributed by atoms with E-state index in [0.717, 1.165) is 19.3 Å². The lowest BCUT2D eigenvalue weighted by Crippen LogP contribution is -2.60. The summed E-state index contributed by atoms with van der Waals surface area (Å²) >= 11 is 0. The predicted molar refractivity (Wildman–Crippen MR) is 76.3 cm³/mol. The van der Waals surface area contributed by atoms with E-state index >= 15 is 0 Å². The maximum Gasteiger partial charge on any atom is 0.295 e. The van der Waals surface area contributed by atoms with Crippen molar-refractivity contribution in [3.63, 3.8) is 0 Å². The fourth-order valence-corrected chi connectivity index (χ4v) is 7.21. The molecule has 0 aliphatic heterocycles. The first-order valence-corrected chi connectivity index (χ1v) is 7.61. The van der Waals surface area contributed by atoms with Gasteiger partial charge >= 0.3 is 0 Å². The summed E-state index contributed by atoms with van der Waals surface area (Å²) in [7, 11) is 0. The minimum Gasteiger partial charge on any atom is -0.491 e. The average molecular weight is 276 g/mol. The Balaban J connectivity index is 1.88. The van der Waals surface area contributed by atoms with Gasteiger partial charge in [0.25, 0.3) is 11.9 Å². The van der Waals surface area contributed by atoms with Crippen LogP contribution in [0.15, 0.2) is 4.42 Å². The molecule has 0 unspecified atom stereocenters. The molecule has 0 aromatic carbocycles. The van der Waals surface area contributed by atoms with E-state index in [-0.39, 0.29) is 17.3 Å². The number of nitrogens with two attached hydrogens (primary N) is 1. The van der Waals surface area contributed by atoms with Crippen LogP contribution < -0.4 is 5.73 Å². The molecule has 4 aliphatic rings. The van der Waals surface area contributed by atoms with Crippen LogP contribution in [0.1, 0.15) is 65.1 Å². The molecule has 110 valence electrons. The first-order chi connectivity index (χ1) is 9.15. The second-order valence-electron chi connectivity index (χ2n) is 8.98. The van der Waals surface area contributed by atoms with Gasteiger partial charge in [-0.25, -0.2) is 0 Å². The number of oxazole rings is 1. The number of nitrogens with zero attached hydrogens (tertiary/aromatic N) is 1. The molecule has 1 aromatic heterocycles. The van der Waals surface area contributed by atoms with Crippen molar-refractivity contribution in [3.8, 4) is 5.88 Å². The zero-order valence-electron chi connectivity index (χ0n) is 12.6. The molecule has 4 aliphatic carbocycles. The highest BCUT2D eigenvalue weighted by atomic mass is 16.4. The van der Waals surface area contributed by atoms with Gasteiger partial charge in [0, 0.05) is 5.41 Å². The summed E-state index contributed by atoms with van der Waals surface area (Å²) in [5.41, 5.74) is 6.65. The molecule has 20 heavy (non-hydrogen) atoms. The molecule has 0 spiro atoms. The van der Waals surface area contributed by atoms with Crippen LogP contribution >= 0.6 is 0 Å². The van der Waals surface area contributed by atoms with Gasteiger partial charge in [0.2, 0.25) is 0 Å². The van der Waals surface area contributed by atoms with Crippen LogP contribution in [-0.4, -0.2) is 10.1 Å². The first-order valence-electron chi connectivity index (χ1n) is 7.61. The Morgan fingerprint density at radius 1 is 0.950 bits per heavy atom. The van der Waals surface area contributed by atoms with E-state index in [4.69, 9.17) is 10.2 Å². The topological polar surface area (TPSA) is 72.3 Å². The monoisotopic (exact) mass is 276 g/mol. The van der Waals surface area contributed by atoms with Gasteiger partial charge in [-0.1, -0.05) is 20.8 Å². The summed E-state index contributed by atoms with van der Waals surface area (Å²) in [6.45, 7) is 7.23. The molecule has 4 fully saturated rings. The van der Waals surface area contributed by atoms with Gasteiger partial charge in [-0.05, 0) is 54.8 Å². The highest BCUT2D eigenvalue weighted by Gasteiger charge is 2.66. The van der Waals surface area contributed by atoms with E-state index in [9.17, 15) is 5.11 Å². The molecule has 4 nitrogen and oxygen atoms in total. The van der Waals surface area contributed by atoms with Crippen molar-refractivity contribution in [2.75, 3.05) is 5.73 Å². The van der Waals surface area contributed by atoms with E-state index in [1.54, 1.807) is 0 Å². The van der Waals surface area contributed by atoms with Crippen molar-refractivity contribution >= 4 is 6.01 Å². The van der Waals surface area contributed by atoms with Crippen molar-refractivity contribution in [3.05, 3.63) is 5.76 Å². The van der Waals surface area contributed by atoms with Crippen molar-refractivity contribution in [2.45, 2.75) is 64.7 Å². The fraction of sp³-hybridized carbons (Fsp3) is 0.812. The Labute approximate surface area is 119 Å². The highest BCUT2D eigenvalue weighted by molar-refractivity contribution is 5.35. The van der Waals surface area contributed by atoms with Crippen LogP contribution in [0.5, 0.6) is 5.88 Å². The number of hydrogen-bond acceptors (Lipinski definition) is 4. The third-order valence-corrected chi connectivity index (χ3v) is 5.96. The zero-order chi connectivity index (χ0) is 14.4. The number of hydrogen-bond donors (Lipinski definition) is 2. The predicted octanol–water partition coefficient (Wildman–Crippen LogP) is 3.60. The Bertz CT molecular complexity index is 538. The van der Waals surface area contributed by atoms with Crippen LogP contribution in [-0.2, 0) is 5.41 Å². The number of aromatic hydroxyl groups is 1. The minimum atomic E-state index is -0.0678. The smallest absolute Gasteiger partial charge is 0.295 e. The van der Waals surface area contributed by atoms with Crippen molar-refractivity contribution < 1.29 is 9.52 Å². The van der Waals surface area contributed by atoms with Gasteiger partial charge in [0.15, 0.2) is 5.76 Å². The number of nitrogen functional groups attached to an aromatic ring is 1. The van der Waals surface area contributed by atoms with Crippen molar-refractivity contribution in [1.29, 1.82) is 0 Å². The second-order valence-corrected chi connectivity index (χ2v) is 8.98. The standard InChI is InChI=1S/C16H24N2O2/c1-13-4-14(2)6-15(3,5-13)9-16(7-13,8-14)10-11(19)18-12(17)20-10/h19H,4-9H2,1-3H3,(H2,17,18). The number of rotatable bonds is 1. The third-order valence-electron chi connectivity index (χ3n) is 5.96. The van der Waals surface area contributed by atoms with E-state index in [0.29, 0.717) is 22.0 Å². The van der Waals surface area contributed by atoms with Crippen LogP contribution in [0, 0.1) is 16.2 Å². The maximum atomic E-state index is 10.2. The fourth-order valence-electron chi connectivity index (χ4n) is 7.21. The molecular weight excluding hydrogens is 252 g/mol. The van der Waals surface area contributed by atoms with Gasteiger partial charge in [-0.15, -0.1) is 0 Å². The van der Waals surface area contributed by atoms with Crippen LogP contribution in [0.25, 0.3) is 0 Å². The Morgan fingerprint density at radius 3 is 1.75 bits per heavy atom. The summed E-state index contributed by atoms with van der Waals surface area (Å²) in [4.78, 5) is 3.90. The molecule has 0 amide bonds. The molecule has 0 saturated heterocycles. The number of anilines is 1. The first kappa shape index (κ1) is 12.5. The van der Waals surface area contributed by atoms with E-state index < -0.39 is 0 Å². The maximum absolute atomic E-state index is 10.2. The van der Waals surface area contributed by atoms with Gasteiger partial charge in [0.05, 0.1) is 0 Å². The molecule has 0 atom stereocenters. The molecule has 4 bridgehead atoms.